The number of halogens is 1. The number of nitrogens with one attached hydrogen (secondary N) is 1. The highest BCUT2D eigenvalue weighted by Gasteiger charge is 2.06. The van der Waals surface area contributed by atoms with E-state index in [0.717, 1.165) is 38.5 Å². The second-order valence-corrected chi connectivity index (χ2v) is 6.04. The maximum absolute atomic E-state index is 11.5. The Morgan fingerprint density at radius 2 is 1.52 bits per heavy atom. The smallest absolute Gasteiger partial charge is 0.269 e. The largest absolute Gasteiger partial charge is 0.326 e. The predicted molar refractivity (Wildman–Crippen MR) is 101 cm³/mol. The van der Waals surface area contributed by atoms with Gasteiger partial charge in [-0.25, -0.2) is 0 Å². The summed E-state index contributed by atoms with van der Waals surface area (Å²) in [7, 11) is 0. The second-order valence-electron chi connectivity index (χ2n) is 5.62. The number of non-ortho nitro benzene ring substituents is 1. The monoisotopic (exact) mass is 370 g/mol. The fourth-order valence-electron chi connectivity index (χ4n) is 1.94. The molecule has 25 heavy (non-hydrogen) atoms. The summed E-state index contributed by atoms with van der Waals surface area (Å²) in [6, 6.07) is 5.83. The van der Waals surface area contributed by atoms with Gasteiger partial charge in [-0.15, -0.1) is 0 Å². The number of nitro benzene ring substituents is 1. The van der Waals surface area contributed by atoms with Gasteiger partial charge in [0, 0.05) is 30.7 Å². The standard InChI is InChI=1S/C12H16N2O3.C6H11ClO/c1-2-3-4-5-12(15)13-10-6-8-11(9-7-10)14(16)17;1-2-3-4-5-6(7)8/h6-9H,2-5H2,1H3,(H,13,15);2-5H2,1H3. The van der Waals surface area contributed by atoms with E-state index < -0.39 is 4.92 Å². The molecule has 1 amide bonds. The van der Waals surface area contributed by atoms with Crippen molar-refractivity contribution in [2.75, 3.05) is 5.32 Å². The Kier molecular flexibility index (Phi) is 13.3. The van der Waals surface area contributed by atoms with Gasteiger partial charge < -0.3 is 5.32 Å². The number of nitrogens with zero attached hydrogens (tertiary/aromatic N) is 1. The highest BCUT2D eigenvalue weighted by molar-refractivity contribution is 6.63. The van der Waals surface area contributed by atoms with E-state index in [1.807, 2.05) is 0 Å². The second kappa shape index (κ2) is 14.4. The lowest BCUT2D eigenvalue weighted by Gasteiger charge is -2.04. The van der Waals surface area contributed by atoms with Gasteiger partial charge in [-0.3, -0.25) is 19.7 Å². The number of nitro groups is 1. The highest BCUT2D eigenvalue weighted by atomic mass is 35.5. The summed E-state index contributed by atoms with van der Waals surface area (Å²) >= 11 is 5.07. The molecule has 0 saturated heterocycles. The number of benzene rings is 1. The van der Waals surface area contributed by atoms with Crippen molar-refractivity contribution >= 4 is 34.1 Å². The Labute approximate surface area is 154 Å². The summed E-state index contributed by atoms with van der Waals surface area (Å²) < 4.78 is 0. The molecule has 7 heteroatoms. The summed E-state index contributed by atoms with van der Waals surface area (Å²) in [6.07, 6.45) is 7.20. The summed E-state index contributed by atoms with van der Waals surface area (Å²) in [5, 5.41) is 12.9. The van der Waals surface area contributed by atoms with Crippen molar-refractivity contribution in [1.82, 2.24) is 0 Å². The number of anilines is 1. The van der Waals surface area contributed by atoms with Crippen molar-refractivity contribution in [2.24, 2.45) is 0 Å². The zero-order valence-electron chi connectivity index (χ0n) is 14.9. The van der Waals surface area contributed by atoms with Crippen LogP contribution in [0.25, 0.3) is 0 Å². The Balaban J connectivity index is 0.000000609. The Bertz CT molecular complexity index is 532. The van der Waals surface area contributed by atoms with Crippen LogP contribution in [0.15, 0.2) is 24.3 Å². The number of hydrogen-bond donors (Lipinski definition) is 1. The van der Waals surface area contributed by atoms with Gasteiger partial charge in [0.2, 0.25) is 11.1 Å². The van der Waals surface area contributed by atoms with Gasteiger partial charge in [0.15, 0.2) is 0 Å². The van der Waals surface area contributed by atoms with Crippen LogP contribution in [0.4, 0.5) is 11.4 Å². The molecule has 140 valence electrons. The fourth-order valence-corrected chi connectivity index (χ4v) is 2.07. The van der Waals surface area contributed by atoms with E-state index in [9.17, 15) is 19.7 Å². The molecule has 0 spiro atoms. The first kappa shape index (κ1) is 23.1. The Morgan fingerprint density at radius 1 is 1.00 bits per heavy atom. The van der Waals surface area contributed by atoms with Crippen LogP contribution in [0, 0.1) is 10.1 Å². The lowest BCUT2D eigenvalue weighted by molar-refractivity contribution is -0.384. The third kappa shape index (κ3) is 13.1. The number of amides is 1. The molecule has 0 radical (unpaired) electrons. The quantitative estimate of drug-likeness (QED) is 0.257. The number of carbonyl (C=O) groups is 2. The fraction of sp³-hybridized carbons (Fsp3) is 0.556. The van der Waals surface area contributed by atoms with Gasteiger partial charge in [-0.2, -0.15) is 0 Å². The van der Waals surface area contributed by atoms with Crippen molar-refractivity contribution in [3.05, 3.63) is 34.4 Å². The molecule has 0 aliphatic carbocycles. The van der Waals surface area contributed by atoms with Gasteiger partial charge in [0.25, 0.3) is 5.69 Å². The van der Waals surface area contributed by atoms with E-state index in [4.69, 9.17) is 11.6 Å². The maximum atomic E-state index is 11.5. The molecule has 1 N–H and O–H groups in total. The third-order valence-corrected chi connectivity index (χ3v) is 3.54. The van der Waals surface area contributed by atoms with E-state index >= 15 is 0 Å². The molecular formula is C18H27ClN2O4. The van der Waals surface area contributed by atoms with Crippen LogP contribution in [0.3, 0.4) is 0 Å². The Hall–Kier alpha value is -1.95. The molecule has 0 saturated carbocycles. The zero-order valence-corrected chi connectivity index (χ0v) is 15.7. The van der Waals surface area contributed by atoms with E-state index in [2.05, 4.69) is 19.2 Å². The van der Waals surface area contributed by atoms with Crippen LogP contribution in [0.1, 0.15) is 65.2 Å². The van der Waals surface area contributed by atoms with Crippen LogP contribution in [0.5, 0.6) is 0 Å². The first-order valence-electron chi connectivity index (χ1n) is 8.63. The average molecular weight is 371 g/mol. The van der Waals surface area contributed by atoms with Crippen molar-refractivity contribution in [1.29, 1.82) is 0 Å². The highest BCUT2D eigenvalue weighted by Crippen LogP contribution is 2.15. The van der Waals surface area contributed by atoms with Crippen LogP contribution < -0.4 is 5.32 Å². The molecule has 1 aromatic rings. The maximum Gasteiger partial charge on any atom is 0.269 e. The predicted octanol–water partition coefficient (Wildman–Crippen LogP) is 5.45. The molecule has 0 atom stereocenters. The summed E-state index contributed by atoms with van der Waals surface area (Å²) in [4.78, 5) is 31.5. The molecule has 0 bridgehead atoms. The van der Waals surface area contributed by atoms with Crippen LogP contribution in [-0.4, -0.2) is 16.1 Å². The minimum Gasteiger partial charge on any atom is -0.326 e. The number of unbranched alkanes of at least 4 members (excludes halogenated alkanes) is 4. The zero-order chi connectivity index (χ0) is 19.1. The minimum atomic E-state index is -0.465. The van der Waals surface area contributed by atoms with Crippen LogP contribution in [0.2, 0.25) is 0 Å². The van der Waals surface area contributed by atoms with Crippen LogP contribution in [-0.2, 0) is 9.59 Å². The van der Waals surface area contributed by atoms with Gasteiger partial charge in [0.1, 0.15) is 0 Å². The number of hydrogen-bond acceptors (Lipinski definition) is 4. The van der Waals surface area contributed by atoms with Crippen molar-refractivity contribution in [3.8, 4) is 0 Å². The van der Waals surface area contributed by atoms with Crippen LogP contribution >= 0.6 is 11.6 Å². The molecule has 0 aliphatic rings. The van der Waals surface area contributed by atoms with Gasteiger partial charge >= 0.3 is 0 Å². The SMILES string of the molecule is CCCCCC(=O)Cl.CCCCCC(=O)Nc1ccc([N+](=O)[O-])cc1. The van der Waals surface area contributed by atoms with E-state index in [1.165, 1.54) is 24.3 Å². The van der Waals surface area contributed by atoms with Crippen molar-refractivity contribution < 1.29 is 14.5 Å². The van der Waals surface area contributed by atoms with E-state index in [0.29, 0.717) is 18.5 Å². The normalized spacial score (nSPS) is 9.72. The first-order chi connectivity index (χ1) is 11.9. The lowest BCUT2D eigenvalue weighted by Crippen LogP contribution is -2.10. The Morgan fingerprint density at radius 3 is 1.96 bits per heavy atom. The molecule has 1 aromatic carbocycles. The van der Waals surface area contributed by atoms with Gasteiger partial charge in [-0.1, -0.05) is 39.5 Å². The van der Waals surface area contributed by atoms with Gasteiger partial charge in [0.05, 0.1) is 4.92 Å². The average Bonchev–Trinajstić information content (AvgIpc) is 2.56. The number of carbonyl (C=O) groups excluding carboxylic acids is 2. The molecule has 1 rings (SSSR count). The molecular weight excluding hydrogens is 344 g/mol. The van der Waals surface area contributed by atoms with Gasteiger partial charge in [-0.05, 0) is 36.6 Å². The topological polar surface area (TPSA) is 89.3 Å². The third-order valence-electron chi connectivity index (χ3n) is 3.35. The molecule has 0 unspecified atom stereocenters. The lowest BCUT2D eigenvalue weighted by atomic mass is 10.2. The first-order valence-corrected chi connectivity index (χ1v) is 9.01. The summed E-state index contributed by atoms with van der Waals surface area (Å²) in [6.45, 7) is 4.17. The molecule has 6 nitrogen and oxygen atoms in total. The minimum absolute atomic E-state index is 0.0222. The summed E-state index contributed by atoms with van der Waals surface area (Å²) in [5.41, 5.74) is 0.617. The molecule has 0 aromatic heterocycles. The molecule has 0 aliphatic heterocycles. The molecule has 0 heterocycles. The van der Waals surface area contributed by atoms with Crippen molar-refractivity contribution in [3.63, 3.8) is 0 Å². The van der Waals surface area contributed by atoms with Crippen molar-refractivity contribution in [2.45, 2.75) is 65.2 Å². The van der Waals surface area contributed by atoms with E-state index in [-0.39, 0.29) is 16.8 Å². The molecule has 0 fully saturated rings. The summed E-state index contributed by atoms with van der Waals surface area (Å²) in [5.74, 6) is -0.0488. The number of rotatable bonds is 10. The van der Waals surface area contributed by atoms with E-state index in [1.54, 1.807) is 0 Å².